The Balaban J connectivity index is 2.38. The minimum atomic E-state index is -0.979. The van der Waals surface area contributed by atoms with E-state index in [0.717, 1.165) is 12.8 Å². The van der Waals surface area contributed by atoms with Gasteiger partial charge in [0.05, 0.1) is 16.7 Å². The van der Waals surface area contributed by atoms with Crippen LogP contribution in [0.5, 0.6) is 0 Å². The molecule has 3 nitrogen and oxygen atoms in total. The van der Waals surface area contributed by atoms with Gasteiger partial charge in [-0.05, 0) is 32.8 Å². The third-order valence-corrected chi connectivity index (χ3v) is 4.84. The van der Waals surface area contributed by atoms with E-state index in [1.165, 1.54) is 12.8 Å². The van der Waals surface area contributed by atoms with Crippen LogP contribution in [0.25, 0.3) is 0 Å². The van der Waals surface area contributed by atoms with Crippen molar-refractivity contribution in [2.45, 2.75) is 51.1 Å². The first kappa shape index (κ1) is 16.6. The lowest BCUT2D eigenvalue weighted by atomic mass is 9.90. The molecule has 1 aliphatic carbocycles. The van der Waals surface area contributed by atoms with Gasteiger partial charge in [-0.2, -0.15) is 0 Å². The van der Waals surface area contributed by atoms with Crippen molar-refractivity contribution in [1.82, 2.24) is 5.32 Å². The standard InChI is InChI=1S/C16H21Cl2NO2/c1-3-21-15(20)16(2,19-11-7-4-5-8-11)12-9-6-10-13(17)14(12)18/h6,9-11,19H,3-5,7-8H2,1-2H3. The third kappa shape index (κ3) is 3.53. The summed E-state index contributed by atoms with van der Waals surface area (Å²) >= 11 is 12.4. The highest BCUT2D eigenvalue weighted by Gasteiger charge is 2.40. The largest absolute Gasteiger partial charge is 0.464 e. The third-order valence-electron chi connectivity index (χ3n) is 4.02. The highest BCUT2D eigenvalue weighted by Crippen LogP contribution is 2.35. The number of rotatable bonds is 5. The second-order valence-electron chi connectivity index (χ2n) is 5.57. The summed E-state index contributed by atoms with van der Waals surface area (Å²) in [6, 6.07) is 5.65. The van der Waals surface area contributed by atoms with Crippen LogP contribution in [0, 0.1) is 0 Å². The summed E-state index contributed by atoms with van der Waals surface area (Å²) < 4.78 is 5.26. The summed E-state index contributed by atoms with van der Waals surface area (Å²) in [5.74, 6) is -0.318. The Morgan fingerprint density at radius 2 is 2.05 bits per heavy atom. The predicted octanol–water partition coefficient (Wildman–Crippen LogP) is 4.30. The van der Waals surface area contributed by atoms with Gasteiger partial charge in [-0.15, -0.1) is 0 Å². The van der Waals surface area contributed by atoms with Crippen molar-refractivity contribution in [2.75, 3.05) is 6.61 Å². The molecule has 0 aromatic heterocycles. The summed E-state index contributed by atoms with van der Waals surface area (Å²) in [6.45, 7) is 3.95. The average molecular weight is 330 g/mol. The second kappa shape index (κ2) is 6.99. The zero-order chi connectivity index (χ0) is 15.5. The predicted molar refractivity (Wildman–Crippen MR) is 85.8 cm³/mol. The number of hydrogen-bond donors (Lipinski definition) is 1. The van der Waals surface area contributed by atoms with E-state index in [4.69, 9.17) is 27.9 Å². The summed E-state index contributed by atoms with van der Waals surface area (Å²) in [5.41, 5.74) is -0.311. The Morgan fingerprint density at radius 1 is 1.38 bits per heavy atom. The monoisotopic (exact) mass is 329 g/mol. The molecule has 0 radical (unpaired) electrons. The van der Waals surface area contributed by atoms with Crippen LogP contribution in [0.3, 0.4) is 0 Å². The Kier molecular flexibility index (Phi) is 5.53. The number of carbonyl (C=O) groups excluding carboxylic acids is 1. The van der Waals surface area contributed by atoms with Crippen LogP contribution < -0.4 is 5.32 Å². The lowest BCUT2D eigenvalue weighted by molar-refractivity contribution is -0.151. The van der Waals surface area contributed by atoms with E-state index in [2.05, 4.69) is 5.32 Å². The highest BCUT2D eigenvalue weighted by atomic mass is 35.5. The van der Waals surface area contributed by atoms with Crippen LogP contribution in [0.1, 0.15) is 45.1 Å². The minimum absolute atomic E-state index is 0.300. The molecule has 0 saturated heterocycles. The number of esters is 1. The molecule has 1 aromatic rings. The van der Waals surface area contributed by atoms with E-state index in [1.807, 2.05) is 13.0 Å². The number of ether oxygens (including phenoxy) is 1. The minimum Gasteiger partial charge on any atom is -0.464 e. The zero-order valence-corrected chi connectivity index (χ0v) is 13.9. The fourth-order valence-corrected chi connectivity index (χ4v) is 3.38. The van der Waals surface area contributed by atoms with E-state index < -0.39 is 5.54 Å². The van der Waals surface area contributed by atoms with E-state index in [0.29, 0.717) is 28.3 Å². The molecule has 1 N–H and O–H groups in total. The Bertz CT molecular complexity index is 515. The van der Waals surface area contributed by atoms with Gasteiger partial charge in [-0.25, -0.2) is 4.79 Å². The first-order valence-corrected chi connectivity index (χ1v) is 8.14. The molecule has 0 aliphatic heterocycles. The van der Waals surface area contributed by atoms with Gasteiger partial charge >= 0.3 is 5.97 Å². The quantitative estimate of drug-likeness (QED) is 0.818. The lowest BCUT2D eigenvalue weighted by Crippen LogP contribution is -2.51. The first-order chi connectivity index (χ1) is 9.99. The van der Waals surface area contributed by atoms with Crippen molar-refractivity contribution in [3.05, 3.63) is 33.8 Å². The summed E-state index contributed by atoms with van der Waals surface area (Å²) in [5, 5.41) is 4.29. The van der Waals surface area contributed by atoms with Crippen LogP contribution >= 0.6 is 23.2 Å². The molecule has 1 aromatic carbocycles. The van der Waals surface area contributed by atoms with Crippen molar-refractivity contribution in [1.29, 1.82) is 0 Å². The van der Waals surface area contributed by atoms with E-state index in [1.54, 1.807) is 19.1 Å². The summed E-state index contributed by atoms with van der Waals surface area (Å²) in [4.78, 5) is 12.5. The molecule has 5 heteroatoms. The average Bonchev–Trinajstić information content (AvgIpc) is 2.94. The number of hydrogen-bond acceptors (Lipinski definition) is 3. The van der Waals surface area contributed by atoms with Gasteiger partial charge in [0.1, 0.15) is 5.54 Å². The fraction of sp³-hybridized carbons (Fsp3) is 0.562. The van der Waals surface area contributed by atoms with Crippen molar-refractivity contribution < 1.29 is 9.53 Å². The summed E-state index contributed by atoms with van der Waals surface area (Å²) in [6.07, 6.45) is 4.49. The SMILES string of the molecule is CCOC(=O)C(C)(NC1CCCC1)c1cccc(Cl)c1Cl. The van der Waals surface area contributed by atoms with Crippen LogP contribution in [0.15, 0.2) is 18.2 Å². The smallest absolute Gasteiger partial charge is 0.330 e. The normalized spacial score (nSPS) is 18.5. The molecule has 0 heterocycles. The molecular formula is C16H21Cl2NO2. The molecule has 1 aliphatic rings. The molecular weight excluding hydrogens is 309 g/mol. The van der Waals surface area contributed by atoms with E-state index in [9.17, 15) is 4.79 Å². The number of halogens is 2. The van der Waals surface area contributed by atoms with Gasteiger partial charge < -0.3 is 4.74 Å². The molecule has 1 saturated carbocycles. The van der Waals surface area contributed by atoms with Gasteiger partial charge in [0.15, 0.2) is 0 Å². The molecule has 1 unspecified atom stereocenters. The van der Waals surface area contributed by atoms with Gasteiger partial charge in [0, 0.05) is 11.6 Å². The van der Waals surface area contributed by atoms with E-state index >= 15 is 0 Å². The van der Waals surface area contributed by atoms with Gasteiger partial charge in [0.2, 0.25) is 0 Å². The molecule has 0 amide bonds. The van der Waals surface area contributed by atoms with Crippen molar-refractivity contribution in [3.63, 3.8) is 0 Å². The van der Waals surface area contributed by atoms with Crippen LogP contribution in [-0.4, -0.2) is 18.6 Å². The Hall–Kier alpha value is -0.770. The second-order valence-corrected chi connectivity index (χ2v) is 6.36. The van der Waals surface area contributed by atoms with Crippen molar-refractivity contribution in [2.24, 2.45) is 0 Å². The van der Waals surface area contributed by atoms with Crippen LogP contribution in [0.4, 0.5) is 0 Å². The molecule has 21 heavy (non-hydrogen) atoms. The maximum absolute atomic E-state index is 12.5. The Labute approximate surface area is 136 Å². The van der Waals surface area contributed by atoms with Gasteiger partial charge in [0.25, 0.3) is 0 Å². The topological polar surface area (TPSA) is 38.3 Å². The van der Waals surface area contributed by atoms with Gasteiger partial charge in [-0.3, -0.25) is 5.32 Å². The maximum Gasteiger partial charge on any atom is 0.330 e. The molecule has 1 atom stereocenters. The highest BCUT2D eigenvalue weighted by molar-refractivity contribution is 6.42. The molecule has 2 rings (SSSR count). The van der Waals surface area contributed by atoms with Crippen LogP contribution in [0.2, 0.25) is 10.0 Å². The van der Waals surface area contributed by atoms with Gasteiger partial charge in [-0.1, -0.05) is 48.2 Å². The summed E-state index contributed by atoms with van der Waals surface area (Å²) in [7, 11) is 0. The Morgan fingerprint density at radius 3 is 2.67 bits per heavy atom. The molecule has 0 spiro atoms. The van der Waals surface area contributed by atoms with Crippen molar-refractivity contribution in [3.8, 4) is 0 Å². The maximum atomic E-state index is 12.5. The lowest BCUT2D eigenvalue weighted by Gasteiger charge is -2.33. The fourth-order valence-electron chi connectivity index (χ4n) is 2.89. The van der Waals surface area contributed by atoms with Crippen molar-refractivity contribution >= 4 is 29.2 Å². The number of nitrogens with one attached hydrogen (secondary N) is 1. The number of benzene rings is 1. The zero-order valence-electron chi connectivity index (χ0n) is 12.4. The van der Waals surface area contributed by atoms with Crippen LogP contribution in [-0.2, 0) is 15.1 Å². The van der Waals surface area contributed by atoms with E-state index in [-0.39, 0.29) is 5.97 Å². The number of carbonyl (C=O) groups is 1. The molecule has 0 bridgehead atoms. The molecule has 1 fully saturated rings. The first-order valence-electron chi connectivity index (χ1n) is 7.38. The molecule has 116 valence electrons.